The van der Waals surface area contributed by atoms with Gasteiger partial charge >= 0.3 is 0 Å². The number of benzene rings is 2. The van der Waals surface area contributed by atoms with Crippen LogP contribution in [-0.4, -0.2) is 62.1 Å². The van der Waals surface area contributed by atoms with Crippen molar-refractivity contribution in [2.75, 3.05) is 46.4 Å². The van der Waals surface area contributed by atoms with Gasteiger partial charge in [0.2, 0.25) is 0 Å². The summed E-state index contributed by atoms with van der Waals surface area (Å²) in [6.45, 7) is 4.25. The maximum Gasteiger partial charge on any atom is 0.260 e. The molecule has 1 heterocycles. The molecule has 0 N–H and O–H groups in total. The van der Waals surface area contributed by atoms with Crippen LogP contribution >= 0.6 is 11.6 Å². The van der Waals surface area contributed by atoms with Gasteiger partial charge < -0.3 is 14.4 Å². The highest BCUT2D eigenvalue weighted by Gasteiger charge is 2.21. The number of hydrogen-bond donors (Lipinski definition) is 0. The van der Waals surface area contributed by atoms with Crippen molar-refractivity contribution in [2.45, 2.75) is 6.42 Å². The summed E-state index contributed by atoms with van der Waals surface area (Å²) >= 11 is 5.92. The Bertz CT molecular complexity index is 743. The van der Waals surface area contributed by atoms with Crippen LogP contribution in [0.5, 0.6) is 11.5 Å². The van der Waals surface area contributed by atoms with Crippen LogP contribution in [0.2, 0.25) is 5.02 Å². The number of para-hydroxylation sites is 2. The molecule has 1 saturated heterocycles. The van der Waals surface area contributed by atoms with Crippen molar-refractivity contribution in [1.29, 1.82) is 0 Å². The fourth-order valence-corrected chi connectivity index (χ4v) is 3.25. The first-order valence-electron chi connectivity index (χ1n) is 9.16. The van der Waals surface area contributed by atoms with Crippen molar-refractivity contribution >= 4 is 17.5 Å². The Balaban J connectivity index is 1.40. The maximum absolute atomic E-state index is 12.4. The molecule has 1 fully saturated rings. The van der Waals surface area contributed by atoms with Gasteiger partial charge in [0.05, 0.1) is 7.11 Å². The number of ether oxygens (including phenoxy) is 2. The molecule has 1 aliphatic heterocycles. The van der Waals surface area contributed by atoms with Crippen molar-refractivity contribution in [3.8, 4) is 11.5 Å². The molecule has 144 valence electrons. The van der Waals surface area contributed by atoms with Crippen LogP contribution in [0.1, 0.15) is 5.56 Å². The molecule has 0 bridgehead atoms. The molecule has 0 radical (unpaired) electrons. The van der Waals surface area contributed by atoms with Crippen LogP contribution in [0.15, 0.2) is 48.5 Å². The molecule has 1 aliphatic rings. The van der Waals surface area contributed by atoms with Crippen LogP contribution in [0, 0.1) is 0 Å². The molecular formula is C21H25ClN2O3. The molecule has 0 saturated carbocycles. The Morgan fingerprint density at radius 3 is 2.33 bits per heavy atom. The van der Waals surface area contributed by atoms with Gasteiger partial charge in [-0.15, -0.1) is 0 Å². The van der Waals surface area contributed by atoms with E-state index in [4.69, 9.17) is 21.1 Å². The molecule has 3 rings (SSSR count). The van der Waals surface area contributed by atoms with Crippen LogP contribution in [0.3, 0.4) is 0 Å². The first-order valence-corrected chi connectivity index (χ1v) is 9.54. The number of carbonyl (C=O) groups excluding carboxylic acids is 1. The number of halogens is 1. The van der Waals surface area contributed by atoms with Gasteiger partial charge in [0, 0.05) is 37.7 Å². The molecular weight excluding hydrogens is 364 g/mol. The van der Waals surface area contributed by atoms with E-state index in [0.29, 0.717) is 11.5 Å². The summed E-state index contributed by atoms with van der Waals surface area (Å²) in [5, 5.41) is 0.765. The Morgan fingerprint density at radius 1 is 1.00 bits per heavy atom. The molecule has 2 aromatic rings. The third-order valence-corrected chi connectivity index (χ3v) is 5.03. The lowest BCUT2D eigenvalue weighted by Crippen LogP contribution is -2.50. The molecule has 27 heavy (non-hydrogen) atoms. The lowest BCUT2D eigenvalue weighted by atomic mass is 10.1. The average Bonchev–Trinajstić information content (AvgIpc) is 2.72. The van der Waals surface area contributed by atoms with Crippen LogP contribution in [0.4, 0.5) is 0 Å². The summed E-state index contributed by atoms with van der Waals surface area (Å²) in [7, 11) is 1.59. The minimum Gasteiger partial charge on any atom is -0.493 e. The number of nitrogens with zero attached hydrogens (tertiary/aromatic N) is 2. The van der Waals surface area contributed by atoms with Crippen molar-refractivity contribution in [1.82, 2.24) is 9.80 Å². The molecule has 0 atom stereocenters. The Kier molecular flexibility index (Phi) is 6.96. The topological polar surface area (TPSA) is 42.0 Å². The Hall–Kier alpha value is -2.24. The minimum atomic E-state index is 0.0123. The number of methoxy groups -OCH3 is 1. The molecule has 5 nitrogen and oxygen atoms in total. The maximum atomic E-state index is 12.4. The second kappa shape index (κ2) is 9.62. The Morgan fingerprint density at radius 2 is 1.67 bits per heavy atom. The van der Waals surface area contributed by atoms with Crippen molar-refractivity contribution in [2.24, 2.45) is 0 Å². The molecule has 0 unspecified atom stereocenters. The second-order valence-corrected chi connectivity index (χ2v) is 6.97. The summed E-state index contributed by atoms with van der Waals surface area (Å²) < 4.78 is 10.9. The van der Waals surface area contributed by atoms with E-state index in [-0.39, 0.29) is 12.5 Å². The lowest BCUT2D eigenvalue weighted by Gasteiger charge is -2.34. The van der Waals surface area contributed by atoms with Gasteiger partial charge in [-0.1, -0.05) is 35.9 Å². The number of amides is 1. The van der Waals surface area contributed by atoms with E-state index < -0.39 is 0 Å². The van der Waals surface area contributed by atoms with Crippen molar-refractivity contribution < 1.29 is 14.3 Å². The van der Waals surface area contributed by atoms with Crippen LogP contribution in [0.25, 0.3) is 0 Å². The molecule has 2 aromatic carbocycles. The quantitative estimate of drug-likeness (QED) is 0.730. The lowest BCUT2D eigenvalue weighted by molar-refractivity contribution is -0.135. The third kappa shape index (κ3) is 5.62. The van der Waals surface area contributed by atoms with Gasteiger partial charge in [0.1, 0.15) is 0 Å². The Labute approximate surface area is 165 Å². The largest absolute Gasteiger partial charge is 0.493 e. The predicted molar refractivity (Wildman–Crippen MR) is 107 cm³/mol. The van der Waals surface area contributed by atoms with Gasteiger partial charge in [-0.2, -0.15) is 0 Å². The normalized spacial score (nSPS) is 14.8. The zero-order valence-electron chi connectivity index (χ0n) is 15.6. The van der Waals surface area contributed by atoms with Gasteiger partial charge in [-0.05, 0) is 36.2 Å². The summed E-state index contributed by atoms with van der Waals surface area (Å²) in [6.07, 6.45) is 0.988. The fourth-order valence-electron chi connectivity index (χ4n) is 3.13. The standard InChI is InChI=1S/C21H25ClN2O3/c1-26-19-4-2-3-5-20(19)27-16-21(25)24-14-12-23(13-15-24)11-10-17-6-8-18(22)9-7-17/h2-9H,10-16H2,1H3. The number of piperazine rings is 1. The van der Waals surface area contributed by atoms with Gasteiger partial charge in [-0.3, -0.25) is 9.69 Å². The molecule has 0 aliphatic carbocycles. The molecule has 6 heteroatoms. The van der Waals surface area contributed by atoms with E-state index in [1.54, 1.807) is 13.2 Å². The van der Waals surface area contributed by atoms with Crippen LogP contribution in [-0.2, 0) is 11.2 Å². The van der Waals surface area contributed by atoms with E-state index in [1.807, 2.05) is 35.2 Å². The molecule has 1 amide bonds. The summed E-state index contributed by atoms with van der Waals surface area (Å²) in [5.74, 6) is 1.24. The van der Waals surface area contributed by atoms with Crippen molar-refractivity contribution in [3.05, 3.63) is 59.1 Å². The van der Waals surface area contributed by atoms with Gasteiger partial charge in [0.15, 0.2) is 18.1 Å². The van der Waals surface area contributed by atoms with Gasteiger partial charge in [-0.25, -0.2) is 0 Å². The van der Waals surface area contributed by atoms with E-state index in [0.717, 1.165) is 44.2 Å². The van der Waals surface area contributed by atoms with Crippen LogP contribution < -0.4 is 9.47 Å². The zero-order chi connectivity index (χ0) is 19.1. The fraction of sp³-hybridized carbons (Fsp3) is 0.381. The first-order chi connectivity index (χ1) is 13.2. The third-order valence-electron chi connectivity index (χ3n) is 4.78. The monoisotopic (exact) mass is 388 g/mol. The van der Waals surface area contributed by atoms with E-state index >= 15 is 0 Å². The average molecular weight is 389 g/mol. The number of carbonyl (C=O) groups is 1. The predicted octanol–water partition coefficient (Wildman–Crippen LogP) is 3.11. The molecule has 0 spiro atoms. The summed E-state index contributed by atoms with van der Waals surface area (Å²) in [6, 6.07) is 15.3. The van der Waals surface area contributed by atoms with Crippen molar-refractivity contribution in [3.63, 3.8) is 0 Å². The SMILES string of the molecule is COc1ccccc1OCC(=O)N1CCN(CCc2ccc(Cl)cc2)CC1. The number of rotatable bonds is 7. The number of hydrogen-bond acceptors (Lipinski definition) is 4. The second-order valence-electron chi connectivity index (χ2n) is 6.54. The van der Waals surface area contributed by atoms with E-state index in [1.165, 1.54) is 5.56 Å². The first kappa shape index (κ1) is 19.5. The highest BCUT2D eigenvalue weighted by atomic mass is 35.5. The summed E-state index contributed by atoms with van der Waals surface area (Å²) in [5.41, 5.74) is 1.28. The molecule has 0 aromatic heterocycles. The zero-order valence-corrected chi connectivity index (χ0v) is 16.3. The highest BCUT2D eigenvalue weighted by Crippen LogP contribution is 2.25. The summed E-state index contributed by atoms with van der Waals surface area (Å²) in [4.78, 5) is 16.7. The minimum absolute atomic E-state index is 0.0123. The highest BCUT2D eigenvalue weighted by molar-refractivity contribution is 6.30. The van der Waals surface area contributed by atoms with E-state index in [2.05, 4.69) is 17.0 Å². The van der Waals surface area contributed by atoms with E-state index in [9.17, 15) is 4.79 Å². The van der Waals surface area contributed by atoms with Gasteiger partial charge in [0.25, 0.3) is 5.91 Å². The smallest absolute Gasteiger partial charge is 0.260 e.